The molecule has 26 nitrogen and oxygen atoms in total. The summed E-state index contributed by atoms with van der Waals surface area (Å²) in [5.41, 5.74) is -4.19. The molecule has 0 spiro atoms. The molecule has 7 rings (SSSR count). The van der Waals surface area contributed by atoms with E-state index in [0.717, 1.165) is 17.1 Å². The Labute approximate surface area is 442 Å². The number of hydrogen-bond acceptors (Lipinski definition) is 20. The minimum atomic E-state index is -2.44. The largest absolute Gasteiger partial charge is 0.507 e. The van der Waals surface area contributed by atoms with Crippen LogP contribution in [-0.4, -0.2) is 205 Å². The number of hydrogen-bond donors (Lipinski definition) is 9. The van der Waals surface area contributed by atoms with Crippen LogP contribution in [0.15, 0.2) is 30.4 Å². The number of aliphatic hydroxyl groups excluding tert-OH is 1. The number of phenols is 2. The quantitative estimate of drug-likeness (QED) is 0.0308. The number of carbonyl (C=O) groups excluding carboxylic acids is 9. The molecule has 2 fully saturated rings. The van der Waals surface area contributed by atoms with Gasteiger partial charge in [0, 0.05) is 108 Å². The van der Waals surface area contributed by atoms with Crippen molar-refractivity contribution in [1.29, 1.82) is 0 Å². The Balaban J connectivity index is 1.03. The van der Waals surface area contributed by atoms with E-state index in [2.05, 4.69) is 31.5 Å². The predicted octanol–water partition coefficient (Wildman–Crippen LogP) is -2.28. The summed E-state index contributed by atoms with van der Waals surface area (Å²) in [4.78, 5) is 121. The molecule has 7 amide bonds. The van der Waals surface area contributed by atoms with Gasteiger partial charge in [-0.3, -0.25) is 53.0 Å². The Kier molecular flexibility index (Phi) is 18.5. The van der Waals surface area contributed by atoms with Gasteiger partial charge in [-0.05, 0) is 18.9 Å². The van der Waals surface area contributed by atoms with Gasteiger partial charge in [0.15, 0.2) is 18.4 Å². The Morgan fingerprint density at radius 3 is 2.21 bits per heavy atom. The van der Waals surface area contributed by atoms with Crippen LogP contribution in [-0.2, 0) is 63.7 Å². The molecule has 0 aromatic heterocycles. The average Bonchev–Trinajstić information content (AvgIpc) is 3.77. The van der Waals surface area contributed by atoms with E-state index in [0.29, 0.717) is 19.7 Å². The number of methoxy groups -OCH3 is 3. The maximum absolute atomic E-state index is 14.3. The third-order valence-electron chi connectivity index (χ3n) is 14.2. The first-order valence-electron chi connectivity index (χ1n) is 25.0. The van der Waals surface area contributed by atoms with Crippen LogP contribution in [0.2, 0.25) is 0 Å². The van der Waals surface area contributed by atoms with Crippen molar-refractivity contribution in [3.63, 3.8) is 0 Å². The van der Waals surface area contributed by atoms with Crippen LogP contribution >= 0.6 is 0 Å². The number of ketones is 2. The number of aliphatic hydroxyl groups is 2. The molecule has 2 aliphatic carbocycles. The lowest BCUT2D eigenvalue weighted by molar-refractivity contribution is -0.270. The fraction of sp³-hybridized carbons (Fsp3) is 0.549. The summed E-state index contributed by atoms with van der Waals surface area (Å²) in [6.45, 7) is 3.99. The number of benzene rings is 2. The van der Waals surface area contributed by atoms with Crippen molar-refractivity contribution in [2.75, 3.05) is 73.8 Å². The van der Waals surface area contributed by atoms with E-state index in [4.69, 9.17) is 28.4 Å². The number of carbonyl (C=O) groups is 9. The Bertz CT molecular complexity index is 2680. The first-order valence-corrected chi connectivity index (χ1v) is 25.0. The molecule has 77 heavy (non-hydrogen) atoms. The third-order valence-corrected chi connectivity index (χ3v) is 14.2. The summed E-state index contributed by atoms with van der Waals surface area (Å²) in [6, 6.07) is 1.24. The second-order valence-corrected chi connectivity index (χ2v) is 19.5. The molecule has 3 aliphatic heterocycles. The standard InChI is InChI=1S/C51H65N7O19/c1-24(2)42(56-32(60)12-13-52-33(61)21-58-34(62)10-11-35(58)63)49(69)55-28(23-59)48(68)53-14-15-54-50(70)51(71)19-27-39(46(67)41-40(44(27)65)43(64)26-8-7-9-30(72-4)38(26)45(41)66)31(20-51)77-36-18-29(47(74-6)25(3)76-36)57-16-17-75-37(22-57)73-5/h7-11,24-25,28-29,31,36-37,42,47,59,65,67,71H,12-23H2,1-6H3,(H,52,61)(H,53,68)(H,54,70)(H,55,69)(H,56,60)/t25-,28?,29-,31-,36-,37-,42?,47+,51-/m0/s1. The number of rotatable bonds is 21. The van der Waals surface area contributed by atoms with Crippen molar-refractivity contribution in [1.82, 2.24) is 36.4 Å². The van der Waals surface area contributed by atoms with Gasteiger partial charge in [-0.15, -0.1) is 0 Å². The highest BCUT2D eigenvalue weighted by molar-refractivity contribution is 6.31. The number of aromatic hydroxyl groups is 2. The van der Waals surface area contributed by atoms with Gasteiger partial charge in [0.05, 0.1) is 55.3 Å². The van der Waals surface area contributed by atoms with E-state index in [1.807, 2.05) is 0 Å². The molecule has 2 aromatic carbocycles. The van der Waals surface area contributed by atoms with Crippen molar-refractivity contribution < 1.29 is 92.0 Å². The lowest BCUT2D eigenvalue weighted by Crippen LogP contribution is -2.60. The molecule has 2 aromatic rings. The molecule has 2 unspecified atom stereocenters. The van der Waals surface area contributed by atoms with Crippen LogP contribution < -0.4 is 31.3 Å². The molecular formula is C51H65N7O19. The lowest BCUT2D eigenvalue weighted by Gasteiger charge is -2.48. The SMILES string of the molecule is COc1cccc2c1C(=O)c1c(O)c3c(c(O)c1C2=O)C[C@@](O)(C(=O)NCCNC(=O)C(CO)NC(=O)C(NC(=O)CCNC(=O)CN1C(=O)C=CC1=O)C(C)C)C[C@@H]3O[C@H]1C[C@H](N2CCO[C@H](OC)C2)[C@H](OC)[C@H](C)O1. The first-order chi connectivity index (χ1) is 36.7. The zero-order chi connectivity index (χ0) is 56.0. The van der Waals surface area contributed by atoms with Crippen LogP contribution in [0.3, 0.4) is 0 Å². The molecule has 9 atom stereocenters. The number of ether oxygens (including phenoxy) is 6. The molecular weight excluding hydrogens is 1010 g/mol. The van der Waals surface area contributed by atoms with Crippen LogP contribution in [0.25, 0.3) is 0 Å². The minimum Gasteiger partial charge on any atom is -0.507 e. The van der Waals surface area contributed by atoms with E-state index in [-0.39, 0.29) is 66.5 Å². The van der Waals surface area contributed by atoms with Gasteiger partial charge in [-0.2, -0.15) is 0 Å². The first kappa shape index (κ1) is 57.8. The third kappa shape index (κ3) is 12.3. The normalized spacial score (nSPS) is 24.8. The summed E-state index contributed by atoms with van der Waals surface area (Å²) in [6.07, 6.45) is -3.51. The highest BCUT2D eigenvalue weighted by Crippen LogP contribution is 2.52. The second-order valence-electron chi connectivity index (χ2n) is 19.5. The van der Waals surface area contributed by atoms with Gasteiger partial charge in [0.25, 0.3) is 17.7 Å². The zero-order valence-corrected chi connectivity index (χ0v) is 43.4. The number of fused-ring (bicyclic) bond motifs is 3. The second kappa shape index (κ2) is 24.6. The summed E-state index contributed by atoms with van der Waals surface area (Å²) in [5.74, 6) is -9.02. The van der Waals surface area contributed by atoms with E-state index in [9.17, 15) is 63.6 Å². The Morgan fingerprint density at radius 1 is 0.844 bits per heavy atom. The number of amides is 7. The highest BCUT2D eigenvalue weighted by atomic mass is 16.7. The fourth-order valence-corrected chi connectivity index (χ4v) is 10.3. The number of nitrogens with one attached hydrogen (secondary N) is 5. The van der Waals surface area contributed by atoms with E-state index < -0.39 is 156 Å². The summed E-state index contributed by atoms with van der Waals surface area (Å²) in [5, 5.41) is 59.0. The zero-order valence-electron chi connectivity index (χ0n) is 43.4. The molecule has 26 heteroatoms. The Hall–Kier alpha value is -6.91. The van der Waals surface area contributed by atoms with E-state index >= 15 is 0 Å². The van der Waals surface area contributed by atoms with E-state index in [1.54, 1.807) is 27.9 Å². The highest BCUT2D eigenvalue weighted by Gasteiger charge is 2.51. The van der Waals surface area contributed by atoms with Crippen LogP contribution in [0.4, 0.5) is 0 Å². The van der Waals surface area contributed by atoms with Gasteiger partial charge in [0.1, 0.15) is 41.5 Å². The molecule has 9 N–H and O–H groups in total. The molecule has 0 radical (unpaired) electrons. The van der Waals surface area contributed by atoms with Crippen LogP contribution in [0.5, 0.6) is 17.2 Å². The van der Waals surface area contributed by atoms with Crippen molar-refractivity contribution in [2.45, 2.75) is 101 Å². The molecule has 3 heterocycles. The van der Waals surface area contributed by atoms with Crippen molar-refractivity contribution >= 4 is 52.9 Å². The molecule has 0 saturated carbocycles. The average molecular weight is 1080 g/mol. The monoisotopic (exact) mass is 1080 g/mol. The number of nitrogens with zero attached hydrogens (tertiary/aromatic N) is 2. The van der Waals surface area contributed by atoms with Crippen molar-refractivity contribution in [3.8, 4) is 17.2 Å². The van der Waals surface area contributed by atoms with Crippen LogP contribution in [0.1, 0.15) is 89.1 Å². The van der Waals surface area contributed by atoms with Crippen molar-refractivity contribution in [2.24, 2.45) is 5.92 Å². The molecule has 418 valence electrons. The number of imide groups is 1. The predicted molar refractivity (Wildman–Crippen MR) is 264 cm³/mol. The maximum atomic E-state index is 14.3. The van der Waals surface area contributed by atoms with Gasteiger partial charge in [-0.1, -0.05) is 26.0 Å². The maximum Gasteiger partial charge on any atom is 0.254 e. The fourth-order valence-electron chi connectivity index (χ4n) is 10.3. The minimum absolute atomic E-state index is 0.0465. The number of morpholine rings is 1. The summed E-state index contributed by atoms with van der Waals surface area (Å²) >= 11 is 0. The number of phenolic OH excluding ortho intramolecular Hbond substituents is 2. The van der Waals surface area contributed by atoms with Gasteiger partial charge >= 0.3 is 0 Å². The lowest BCUT2D eigenvalue weighted by atomic mass is 9.72. The van der Waals surface area contributed by atoms with Crippen molar-refractivity contribution in [3.05, 3.63) is 63.7 Å². The van der Waals surface area contributed by atoms with Gasteiger partial charge in [-0.25, -0.2) is 0 Å². The van der Waals surface area contributed by atoms with E-state index in [1.165, 1.54) is 32.4 Å². The summed E-state index contributed by atoms with van der Waals surface area (Å²) in [7, 11) is 4.38. The summed E-state index contributed by atoms with van der Waals surface area (Å²) < 4.78 is 35.4. The van der Waals surface area contributed by atoms with Gasteiger partial charge in [0.2, 0.25) is 29.4 Å². The smallest absolute Gasteiger partial charge is 0.254 e. The molecule has 0 bridgehead atoms. The molecule has 5 aliphatic rings. The topological polar surface area (TPSA) is 357 Å². The van der Waals surface area contributed by atoms with Gasteiger partial charge < -0.3 is 75.4 Å². The van der Waals surface area contributed by atoms with Crippen LogP contribution in [0, 0.1) is 5.92 Å². The molecule has 2 saturated heterocycles. The Morgan fingerprint density at radius 2 is 1.55 bits per heavy atom.